The lowest BCUT2D eigenvalue weighted by Crippen LogP contribution is -2.39. The van der Waals surface area contributed by atoms with Gasteiger partial charge >= 0.3 is 0 Å². The molecule has 0 aromatic heterocycles. The van der Waals surface area contributed by atoms with Gasteiger partial charge in [0.25, 0.3) is 5.91 Å². The third kappa shape index (κ3) is 3.37. The van der Waals surface area contributed by atoms with Crippen molar-refractivity contribution in [3.8, 4) is 5.75 Å². The predicted octanol–water partition coefficient (Wildman–Crippen LogP) is 0.468. The zero-order valence-corrected chi connectivity index (χ0v) is 10.6. The molecule has 1 saturated heterocycles. The van der Waals surface area contributed by atoms with Gasteiger partial charge in [0.05, 0.1) is 5.69 Å². The first-order chi connectivity index (χ1) is 8.65. The maximum absolute atomic E-state index is 11.7. The molecule has 0 radical (unpaired) electrons. The van der Waals surface area contributed by atoms with E-state index in [1.165, 1.54) is 0 Å². The Hall–Kier alpha value is -1.75. The minimum atomic E-state index is -0.0986. The molecule has 5 nitrogen and oxygen atoms in total. The van der Waals surface area contributed by atoms with Gasteiger partial charge in [-0.1, -0.05) is 12.1 Å². The van der Waals surface area contributed by atoms with Crippen molar-refractivity contribution in [3.63, 3.8) is 0 Å². The smallest absolute Gasteiger partial charge is 0.258 e. The molecule has 0 spiro atoms. The highest BCUT2D eigenvalue weighted by Crippen LogP contribution is 2.19. The molecule has 1 amide bonds. The van der Waals surface area contributed by atoms with Gasteiger partial charge in [-0.3, -0.25) is 4.79 Å². The third-order valence-corrected chi connectivity index (χ3v) is 3.03. The zero-order chi connectivity index (χ0) is 13.0. The summed E-state index contributed by atoms with van der Waals surface area (Å²) in [6.07, 6.45) is 0.996. The molecule has 5 heteroatoms. The highest BCUT2D eigenvalue weighted by molar-refractivity contribution is 5.78. The normalized spacial score (nSPS) is 19.7. The van der Waals surface area contributed by atoms with Crippen molar-refractivity contribution in [1.29, 1.82) is 0 Å². The number of nitrogen functional groups attached to an aromatic ring is 1. The third-order valence-electron chi connectivity index (χ3n) is 3.03. The van der Waals surface area contributed by atoms with Crippen LogP contribution in [0.15, 0.2) is 24.3 Å². The van der Waals surface area contributed by atoms with E-state index in [9.17, 15) is 4.79 Å². The molecule has 3 N–H and O–H groups in total. The Morgan fingerprint density at radius 1 is 1.56 bits per heavy atom. The van der Waals surface area contributed by atoms with Crippen LogP contribution in [0.4, 0.5) is 5.69 Å². The van der Waals surface area contributed by atoms with E-state index in [0.717, 1.165) is 19.5 Å². The van der Waals surface area contributed by atoms with Crippen LogP contribution < -0.4 is 15.8 Å². The van der Waals surface area contributed by atoms with E-state index in [1.54, 1.807) is 12.1 Å². The van der Waals surface area contributed by atoms with Crippen LogP contribution in [0.5, 0.6) is 5.75 Å². The van der Waals surface area contributed by atoms with E-state index in [0.29, 0.717) is 11.4 Å². The molecule has 2 rings (SSSR count). The molecular formula is C13H19N3O2. The lowest BCUT2D eigenvalue weighted by Gasteiger charge is -2.13. The Kier molecular flexibility index (Phi) is 4.04. The number of para-hydroxylation sites is 2. The largest absolute Gasteiger partial charge is 0.482 e. The quantitative estimate of drug-likeness (QED) is 0.761. The molecule has 1 heterocycles. The highest BCUT2D eigenvalue weighted by Gasteiger charge is 2.21. The number of hydrogen-bond acceptors (Lipinski definition) is 4. The maximum atomic E-state index is 11.7. The molecular weight excluding hydrogens is 230 g/mol. The molecule has 1 aromatic rings. The monoisotopic (exact) mass is 249 g/mol. The number of anilines is 1. The Morgan fingerprint density at radius 3 is 3.00 bits per heavy atom. The summed E-state index contributed by atoms with van der Waals surface area (Å²) < 4.78 is 5.39. The van der Waals surface area contributed by atoms with E-state index in [4.69, 9.17) is 10.5 Å². The van der Waals surface area contributed by atoms with Gasteiger partial charge in [-0.15, -0.1) is 0 Å². The number of likely N-dealkylation sites (N-methyl/N-ethyl adjacent to an activating group) is 1. The van der Waals surface area contributed by atoms with Crippen molar-refractivity contribution in [2.24, 2.45) is 0 Å². The van der Waals surface area contributed by atoms with E-state index < -0.39 is 0 Å². The fourth-order valence-corrected chi connectivity index (χ4v) is 2.08. The number of carbonyl (C=O) groups is 1. The number of benzene rings is 1. The van der Waals surface area contributed by atoms with Crippen LogP contribution in [0.25, 0.3) is 0 Å². The number of ether oxygens (including phenoxy) is 1. The van der Waals surface area contributed by atoms with Crippen LogP contribution in [0.1, 0.15) is 6.42 Å². The van der Waals surface area contributed by atoms with Crippen molar-refractivity contribution in [2.45, 2.75) is 12.5 Å². The first-order valence-electron chi connectivity index (χ1n) is 6.10. The Labute approximate surface area is 107 Å². The first-order valence-corrected chi connectivity index (χ1v) is 6.10. The van der Waals surface area contributed by atoms with E-state index in [2.05, 4.69) is 10.2 Å². The molecule has 18 heavy (non-hydrogen) atoms. The van der Waals surface area contributed by atoms with Gasteiger partial charge in [-0.05, 0) is 32.1 Å². The second-order valence-corrected chi connectivity index (χ2v) is 4.64. The molecule has 1 aliphatic rings. The number of nitrogens with two attached hydrogens (primary N) is 1. The summed E-state index contributed by atoms with van der Waals surface area (Å²) in [6.45, 7) is 1.94. The molecule has 1 unspecified atom stereocenters. The minimum absolute atomic E-state index is 0.00836. The summed E-state index contributed by atoms with van der Waals surface area (Å²) in [5.41, 5.74) is 6.27. The Morgan fingerprint density at radius 2 is 2.33 bits per heavy atom. The van der Waals surface area contributed by atoms with E-state index in [-0.39, 0.29) is 18.6 Å². The first kappa shape index (κ1) is 12.7. The number of hydrogen-bond donors (Lipinski definition) is 2. The van der Waals surface area contributed by atoms with Gasteiger partial charge < -0.3 is 20.7 Å². The average Bonchev–Trinajstić information content (AvgIpc) is 2.74. The molecule has 1 aromatic carbocycles. The number of rotatable bonds is 4. The maximum Gasteiger partial charge on any atom is 0.258 e. The summed E-state index contributed by atoms with van der Waals surface area (Å²) in [5.74, 6) is 0.453. The lowest BCUT2D eigenvalue weighted by atomic mass is 10.2. The number of amides is 1. The van der Waals surface area contributed by atoms with Crippen LogP contribution in [0, 0.1) is 0 Å². The van der Waals surface area contributed by atoms with Crippen molar-refractivity contribution in [3.05, 3.63) is 24.3 Å². The van der Waals surface area contributed by atoms with Crippen molar-refractivity contribution in [1.82, 2.24) is 10.2 Å². The zero-order valence-electron chi connectivity index (χ0n) is 10.6. The molecule has 0 bridgehead atoms. The Balaban J connectivity index is 1.77. The fourth-order valence-electron chi connectivity index (χ4n) is 2.08. The number of nitrogens with one attached hydrogen (secondary N) is 1. The molecule has 98 valence electrons. The van der Waals surface area contributed by atoms with Gasteiger partial charge in [0.15, 0.2) is 6.61 Å². The van der Waals surface area contributed by atoms with E-state index in [1.807, 2.05) is 19.2 Å². The van der Waals surface area contributed by atoms with Crippen molar-refractivity contribution < 1.29 is 9.53 Å². The second-order valence-electron chi connectivity index (χ2n) is 4.64. The topological polar surface area (TPSA) is 67.6 Å². The van der Waals surface area contributed by atoms with Crippen LogP contribution >= 0.6 is 0 Å². The summed E-state index contributed by atoms with van der Waals surface area (Å²) in [7, 11) is 2.05. The van der Waals surface area contributed by atoms with Gasteiger partial charge in [0.1, 0.15) is 5.75 Å². The second kappa shape index (κ2) is 5.73. The molecule has 0 saturated carbocycles. The van der Waals surface area contributed by atoms with Gasteiger partial charge in [-0.2, -0.15) is 0 Å². The van der Waals surface area contributed by atoms with Crippen LogP contribution in [0.2, 0.25) is 0 Å². The summed E-state index contributed by atoms with van der Waals surface area (Å²) >= 11 is 0. The Bertz CT molecular complexity index is 422. The average molecular weight is 249 g/mol. The SMILES string of the molecule is CN1CCC(NC(=O)COc2ccccc2N)C1. The summed E-state index contributed by atoms with van der Waals surface area (Å²) in [6, 6.07) is 7.40. The molecule has 0 aliphatic carbocycles. The number of nitrogens with zero attached hydrogens (tertiary/aromatic N) is 1. The highest BCUT2D eigenvalue weighted by atomic mass is 16.5. The van der Waals surface area contributed by atoms with Crippen LogP contribution in [-0.2, 0) is 4.79 Å². The van der Waals surface area contributed by atoms with Crippen molar-refractivity contribution in [2.75, 3.05) is 32.5 Å². The molecule has 1 aliphatic heterocycles. The fraction of sp³-hybridized carbons (Fsp3) is 0.462. The summed E-state index contributed by atoms with van der Waals surface area (Å²) in [5, 5.41) is 2.95. The van der Waals surface area contributed by atoms with Crippen LogP contribution in [0.3, 0.4) is 0 Å². The number of carbonyl (C=O) groups excluding carboxylic acids is 1. The standard InChI is InChI=1S/C13H19N3O2/c1-16-7-6-10(8-16)15-13(17)9-18-12-5-3-2-4-11(12)14/h2-5,10H,6-9,14H2,1H3,(H,15,17). The molecule has 1 atom stereocenters. The van der Waals surface area contributed by atoms with Crippen molar-refractivity contribution >= 4 is 11.6 Å². The van der Waals surface area contributed by atoms with Gasteiger partial charge in [-0.25, -0.2) is 0 Å². The number of likely N-dealkylation sites (tertiary alicyclic amines) is 1. The summed E-state index contributed by atoms with van der Waals surface area (Å²) in [4.78, 5) is 13.9. The molecule has 1 fully saturated rings. The van der Waals surface area contributed by atoms with Gasteiger partial charge in [0.2, 0.25) is 0 Å². The minimum Gasteiger partial charge on any atom is -0.482 e. The van der Waals surface area contributed by atoms with Crippen LogP contribution in [-0.4, -0.2) is 43.6 Å². The van der Waals surface area contributed by atoms with E-state index >= 15 is 0 Å². The lowest BCUT2D eigenvalue weighted by molar-refractivity contribution is -0.123. The van der Waals surface area contributed by atoms with Gasteiger partial charge in [0, 0.05) is 12.6 Å². The predicted molar refractivity (Wildman–Crippen MR) is 70.4 cm³/mol.